The number of carbonyl (C=O) groups is 3. The van der Waals surface area contributed by atoms with E-state index in [0.29, 0.717) is 39.7 Å². The second-order valence-corrected chi connectivity index (χ2v) is 18.5. The molecule has 2 fully saturated rings. The molecule has 4 aromatic rings. The topological polar surface area (TPSA) is 179 Å². The maximum atomic E-state index is 13.3. The van der Waals surface area contributed by atoms with Gasteiger partial charge in [-0.3, -0.25) is 24.2 Å². The monoisotopic (exact) mass is 870 g/mol. The molecule has 0 aliphatic carbocycles. The van der Waals surface area contributed by atoms with Crippen LogP contribution in [0.5, 0.6) is 0 Å². The van der Waals surface area contributed by atoms with Crippen molar-refractivity contribution in [2.24, 2.45) is 5.14 Å². The number of nitrogens with zero attached hydrogens (tertiary/aromatic N) is 6. The van der Waals surface area contributed by atoms with Crippen molar-refractivity contribution in [1.29, 1.82) is 0 Å². The fourth-order valence-electron chi connectivity index (χ4n) is 6.56. The summed E-state index contributed by atoms with van der Waals surface area (Å²) in [7, 11) is -7.95. The summed E-state index contributed by atoms with van der Waals surface area (Å²) in [5.41, 5.74) is 2.21. The largest absolute Gasteiger partial charge is 0.303 e. The number of nitrogens with one attached hydrogen (secondary N) is 1. The predicted octanol–water partition coefficient (Wildman–Crippen LogP) is 6.40. The number of primary sulfonamides is 1. The van der Waals surface area contributed by atoms with E-state index in [2.05, 4.69) is 9.69 Å². The van der Waals surface area contributed by atoms with Crippen molar-refractivity contribution in [3.05, 3.63) is 119 Å². The number of amides is 3. The van der Waals surface area contributed by atoms with E-state index in [1.54, 1.807) is 106 Å². The molecule has 15 nitrogen and oxygen atoms in total. The molecule has 0 atom stereocenters. The van der Waals surface area contributed by atoms with Crippen molar-refractivity contribution in [3.8, 4) is 0 Å². The van der Waals surface area contributed by atoms with Crippen LogP contribution >= 0.6 is 24.4 Å². The van der Waals surface area contributed by atoms with Crippen LogP contribution in [0.4, 0.5) is 34.1 Å². The van der Waals surface area contributed by atoms with Crippen LogP contribution in [0.3, 0.4) is 0 Å². The first-order chi connectivity index (χ1) is 27.4. The van der Waals surface area contributed by atoms with Crippen LogP contribution in [-0.4, -0.2) is 55.9 Å². The van der Waals surface area contributed by atoms with Gasteiger partial charge in [0.25, 0.3) is 21.8 Å². The summed E-state index contributed by atoms with van der Waals surface area (Å²) in [6.45, 7) is 25.9. The number of hydrogen-bond acceptors (Lipinski definition) is 9. The number of thiocarbonyl (C=S) groups is 2. The van der Waals surface area contributed by atoms with E-state index in [0.717, 1.165) is 12.5 Å². The highest BCUT2D eigenvalue weighted by Gasteiger charge is 2.51. The van der Waals surface area contributed by atoms with Gasteiger partial charge in [0.15, 0.2) is 21.6 Å². The smallest absolute Gasteiger partial charge is 0.264 e. The molecule has 2 saturated heterocycles. The zero-order chi connectivity index (χ0) is 44.0. The lowest BCUT2D eigenvalue weighted by atomic mass is 10.0. The molecule has 3 N–H and O–H groups in total. The number of carbonyl (C=O) groups excluding carboxylic acids is 3. The summed E-state index contributed by atoms with van der Waals surface area (Å²) < 4.78 is 50.2. The summed E-state index contributed by atoms with van der Waals surface area (Å²) in [6, 6.07) is 21.9. The van der Waals surface area contributed by atoms with Gasteiger partial charge in [0.1, 0.15) is 11.1 Å². The molecule has 0 aromatic heterocycles. The first-order valence-corrected chi connectivity index (χ1v) is 21.3. The second-order valence-electron chi connectivity index (χ2n) is 14.5. The molecule has 0 saturated carbocycles. The van der Waals surface area contributed by atoms with Gasteiger partial charge in [0, 0.05) is 29.7 Å². The Balaban J connectivity index is 0.000000225. The SMILES string of the molecule is [C-]#[N+]c1ccc(N2C(=O)C(C)(C)N(c3cccc(S(=O)(=O)NC(C)=O)c3)C2=S)cc1C.[C-]#[N+]c1ccc(N2C(=O)C(C)(C)N(c3cccc(S(N)(=O)=O)c3)C2=S)cc1C. The predicted molar refractivity (Wildman–Crippen MR) is 233 cm³/mol. The molecule has 0 unspecified atom stereocenters. The van der Waals surface area contributed by atoms with Crippen LogP contribution in [0.15, 0.2) is 94.7 Å². The fraction of sp³-hybridized carbons (Fsp3) is 0.225. The summed E-state index contributed by atoms with van der Waals surface area (Å²) in [5.74, 6) is -1.25. The molecular weight excluding hydrogens is 833 g/mol. The Labute approximate surface area is 353 Å². The molecule has 2 aliphatic heterocycles. The van der Waals surface area contributed by atoms with Crippen molar-refractivity contribution >= 4 is 107 Å². The van der Waals surface area contributed by atoms with Gasteiger partial charge in [0.05, 0.1) is 22.9 Å². The molecule has 0 radical (unpaired) electrons. The molecule has 0 bridgehead atoms. The fourth-order valence-corrected chi connectivity index (χ4v) is 9.19. The molecule has 4 aromatic carbocycles. The normalized spacial score (nSPS) is 16.0. The lowest BCUT2D eigenvalue weighted by molar-refractivity contribution is -0.121. The Kier molecular flexibility index (Phi) is 11.9. The summed E-state index contributed by atoms with van der Waals surface area (Å²) in [4.78, 5) is 50.3. The Morgan fingerprint density at radius 1 is 0.661 bits per heavy atom. The standard InChI is InChI=1S/C21H20N4O4S2.C19H18N4O3S2/c1-13-11-15(9-10-18(13)22-5)24-19(27)21(3,4)25(20(24)30)16-7-6-8-17(12-16)31(28,29)23-14(2)26;1-12-10-13(8-9-16(12)21-4)22-17(24)19(2,3)23(18(22)27)14-6-5-7-15(11-14)28(20,25)26/h6-12H,1-4H3,(H,23,26);5-11H,1-3H3,(H2,20,25,26). The number of sulfonamides is 2. The minimum absolute atomic E-state index is 0.0632. The average Bonchev–Trinajstić information content (AvgIpc) is 3.44. The highest BCUT2D eigenvalue weighted by Crippen LogP contribution is 2.40. The second kappa shape index (κ2) is 15.9. The zero-order valence-electron chi connectivity index (χ0n) is 32.8. The number of hydrogen-bond donors (Lipinski definition) is 2. The van der Waals surface area contributed by atoms with Crippen molar-refractivity contribution in [1.82, 2.24) is 4.72 Å². The quantitative estimate of drug-likeness (QED) is 0.155. The minimum Gasteiger partial charge on any atom is -0.303 e. The molecule has 2 aliphatic rings. The Hall–Kier alpha value is -6.09. The number of benzene rings is 4. The maximum absolute atomic E-state index is 13.3. The maximum Gasteiger partial charge on any atom is 0.264 e. The van der Waals surface area contributed by atoms with Crippen LogP contribution < -0.4 is 29.5 Å². The highest BCUT2D eigenvalue weighted by molar-refractivity contribution is 7.90. The van der Waals surface area contributed by atoms with Gasteiger partial charge in [-0.25, -0.2) is 36.4 Å². The molecule has 6 rings (SSSR count). The number of anilines is 4. The Morgan fingerprint density at radius 3 is 1.41 bits per heavy atom. The van der Waals surface area contributed by atoms with Gasteiger partial charge >= 0.3 is 0 Å². The van der Waals surface area contributed by atoms with E-state index >= 15 is 0 Å². The van der Waals surface area contributed by atoms with Crippen molar-refractivity contribution in [2.45, 2.75) is 69.3 Å². The van der Waals surface area contributed by atoms with Crippen LogP contribution in [0, 0.1) is 27.0 Å². The molecule has 304 valence electrons. The first-order valence-electron chi connectivity index (χ1n) is 17.5. The highest BCUT2D eigenvalue weighted by atomic mass is 32.2. The first kappa shape index (κ1) is 44.0. The van der Waals surface area contributed by atoms with Gasteiger partial charge in [-0.15, -0.1) is 0 Å². The van der Waals surface area contributed by atoms with E-state index in [-0.39, 0.29) is 31.8 Å². The van der Waals surface area contributed by atoms with Crippen LogP contribution in [0.25, 0.3) is 9.69 Å². The van der Waals surface area contributed by atoms with Crippen molar-refractivity contribution in [3.63, 3.8) is 0 Å². The van der Waals surface area contributed by atoms with E-state index in [9.17, 15) is 31.2 Å². The lowest BCUT2D eigenvalue weighted by Gasteiger charge is -2.29. The van der Waals surface area contributed by atoms with E-state index in [1.165, 1.54) is 40.1 Å². The molecular formula is C40H38N8O7S4. The van der Waals surface area contributed by atoms with Crippen LogP contribution in [0.1, 0.15) is 45.7 Å². The Morgan fingerprint density at radius 2 is 1.05 bits per heavy atom. The van der Waals surface area contributed by atoms with Crippen LogP contribution in [0.2, 0.25) is 0 Å². The van der Waals surface area contributed by atoms with E-state index in [1.807, 2.05) is 4.72 Å². The number of nitrogens with two attached hydrogens (primary N) is 1. The van der Waals surface area contributed by atoms with Crippen molar-refractivity contribution in [2.75, 3.05) is 19.6 Å². The van der Waals surface area contributed by atoms with Gasteiger partial charge in [0.2, 0.25) is 15.9 Å². The van der Waals surface area contributed by atoms with E-state index < -0.39 is 37.0 Å². The average molecular weight is 871 g/mol. The van der Waals surface area contributed by atoms with Gasteiger partial charge in [-0.2, -0.15) is 0 Å². The van der Waals surface area contributed by atoms with Crippen LogP contribution in [-0.2, 0) is 34.4 Å². The third kappa shape index (κ3) is 8.29. The number of aryl methyl sites for hydroxylation is 2. The molecule has 3 amide bonds. The molecule has 2 heterocycles. The minimum atomic E-state index is -4.06. The number of rotatable bonds is 7. The zero-order valence-corrected chi connectivity index (χ0v) is 36.1. The third-order valence-corrected chi connectivity index (χ3v) is 12.6. The van der Waals surface area contributed by atoms with Gasteiger partial charge in [-0.05, 0) is 138 Å². The molecule has 0 spiro atoms. The summed E-state index contributed by atoms with van der Waals surface area (Å²) in [5, 5.41) is 5.63. The Bertz CT molecular complexity index is 2790. The van der Waals surface area contributed by atoms with Gasteiger partial charge < -0.3 is 9.80 Å². The van der Waals surface area contributed by atoms with Crippen molar-refractivity contribution < 1.29 is 31.2 Å². The lowest BCUT2D eigenvalue weighted by Crippen LogP contribution is -2.44. The third-order valence-electron chi connectivity index (χ3n) is 9.52. The molecule has 59 heavy (non-hydrogen) atoms. The molecule has 19 heteroatoms. The van der Waals surface area contributed by atoms with E-state index in [4.69, 9.17) is 42.7 Å². The summed E-state index contributed by atoms with van der Waals surface area (Å²) >= 11 is 11.2. The van der Waals surface area contributed by atoms with Gasteiger partial charge in [-0.1, -0.05) is 24.3 Å². The summed E-state index contributed by atoms with van der Waals surface area (Å²) in [6.07, 6.45) is 0.